The predicted octanol–water partition coefficient (Wildman–Crippen LogP) is 2.08. The molecule has 1 heterocycles. The molecular weight excluding hydrogens is 267 g/mol. The number of aliphatic carboxylic acids is 1. The van der Waals surface area contributed by atoms with E-state index in [2.05, 4.69) is 10.3 Å². The third-order valence-electron chi connectivity index (χ3n) is 2.45. The standard InChI is InChI=1S/C13H11FN2O4/c14-9-3-1-2-8(6-9)12(19)16-13-15-10(7-20-13)4-5-11(17)18/h1-3,6-7H,4-5H2,(H,17,18)(H,15,16,19). The number of aryl methyl sites for hydroxylation is 1. The molecule has 0 saturated carbocycles. The molecule has 0 fully saturated rings. The van der Waals surface area contributed by atoms with E-state index < -0.39 is 17.7 Å². The lowest BCUT2D eigenvalue weighted by Gasteiger charge is -2.00. The van der Waals surface area contributed by atoms with Crippen molar-refractivity contribution >= 4 is 17.9 Å². The molecule has 0 aliphatic rings. The van der Waals surface area contributed by atoms with Crippen molar-refractivity contribution in [3.05, 3.63) is 47.6 Å². The van der Waals surface area contributed by atoms with Crippen LogP contribution in [0.5, 0.6) is 0 Å². The van der Waals surface area contributed by atoms with Gasteiger partial charge in [0.1, 0.15) is 12.1 Å². The minimum atomic E-state index is -0.946. The number of hydrogen-bond donors (Lipinski definition) is 2. The second-order valence-corrected chi connectivity index (χ2v) is 4.00. The Morgan fingerprint density at radius 3 is 2.90 bits per heavy atom. The highest BCUT2D eigenvalue weighted by Gasteiger charge is 2.11. The number of oxazole rings is 1. The van der Waals surface area contributed by atoms with Crippen molar-refractivity contribution < 1.29 is 23.5 Å². The minimum absolute atomic E-state index is 0.0559. The van der Waals surface area contributed by atoms with Crippen LogP contribution in [0.1, 0.15) is 22.5 Å². The van der Waals surface area contributed by atoms with Gasteiger partial charge in [-0.3, -0.25) is 14.9 Å². The number of halogens is 1. The zero-order chi connectivity index (χ0) is 14.5. The molecule has 2 N–H and O–H groups in total. The van der Waals surface area contributed by atoms with E-state index in [-0.39, 0.29) is 24.4 Å². The Morgan fingerprint density at radius 1 is 1.40 bits per heavy atom. The van der Waals surface area contributed by atoms with Crippen molar-refractivity contribution in [3.8, 4) is 0 Å². The lowest BCUT2D eigenvalue weighted by atomic mass is 10.2. The normalized spacial score (nSPS) is 10.2. The minimum Gasteiger partial charge on any atom is -0.481 e. The molecule has 20 heavy (non-hydrogen) atoms. The molecule has 0 bridgehead atoms. The van der Waals surface area contributed by atoms with Gasteiger partial charge in [0.15, 0.2) is 0 Å². The summed E-state index contributed by atoms with van der Waals surface area (Å²) in [7, 11) is 0. The number of carbonyl (C=O) groups is 2. The topological polar surface area (TPSA) is 92.4 Å². The summed E-state index contributed by atoms with van der Waals surface area (Å²) < 4.78 is 18.0. The summed E-state index contributed by atoms with van der Waals surface area (Å²) in [6.45, 7) is 0. The molecule has 0 saturated heterocycles. The van der Waals surface area contributed by atoms with Gasteiger partial charge in [-0.05, 0) is 18.2 Å². The molecule has 1 amide bonds. The summed E-state index contributed by atoms with van der Waals surface area (Å²) in [5.74, 6) is -2.03. The van der Waals surface area contributed by atoms with Gasteiger partial charge in [-0.15, -0.1) is 0 Å². The Labute approximate surface area is 113 Å². The zero-order valence-electron chi connectivity index (χ0n) is 10.3. The molecule has 0 aliphatic heterocycles. The molecule has 0 radical (unpaired) electrons. The number of anilines is 1. The van der Waals surface area contributed by atoms with Gasteiger partial charge in [-0.25, -0.2) is 4.39 Å². The van der Waals surface area contributed by atoms with E-state index in [1.54, 1.807) is 0 Å². The van der Waals surface area contributed by atoms with Gasteiger partial charge in [-0.1, -0.05) is 6.07 Å². The maximum absolute atomic E-state index is 13.0. The largest absolute Gasteiger partial charge is 0.481 e. The average molecular weight is 278 g/mol. The highest BCUT2D eigenvalue weighted by molar-refractivity contribution is 6.03. The molecule has 104 valence electrons. The van der Waals surface area contributed by atoms with Gasteiger partial charge < -0.3 is 9.52 Å². The molecule has 0 unspecified atom stereocenters. The summed E-state index contributed by atoms with van der Waals surface area (Å²) >= 11 is 0. The average Bonchev–Trinajstić information content (AvgIpc) is 2.84. The van der Waals surface area contributed by atoms with Crippen molar-refractivity contribution in [1.82, 2.24) is 4.98 Å². The summed E-state index contributed by atoms with van der Waals surface area (Å²) in [6, 6.07) is 5.13. The number of rotatable bonds is 5. The fourth-order valence-electron chi connectivity index (χ4n) is 1.51. The van der Waals surface area contributed by atoms with E-state index in [1.807, 2.05) is 0 Å². The van der Waals surface area contributed by atoms with Crippen LogP contribution in [0.4, 0.5) is 10.4 Å². The third kappa shape index (κ3) is 3.64. The smallest absolute Gasteiger partial charge is 0.303 e. The summed E-state index contributed by atoms with van der Waals surface area (Å²) in [5, 5.41) is 10.9. The number of nitrogens with zero attached hydrogens (tertiary/aromatic N) is 1. The number of carboxylic acids is 1. The molecular formula is C13H11FN2O4. The summed E-state index contributed by atoms with van der Waals surface area (Å²) in [5.41, 5.74) is 0.553. The van der Waals surface area contributed by atoms with Crippen LogP contribution in [-0.2, 0) is 11.2 Å². The van der Waals surface area contributed by atoms with Gasteiger partial charge >= 0.3 is 12.0 Å². The highest BCUT2D eigenvalue weighted by atomic mass is 19.1. The Bertz CT molecular complexity index is 639. The Hall–Kier alpha value is -2.70. The van der Waals surface area contributed by atoms with Crippen LogP contribution in [0, 0.1) is 5.82 Å². The van der Waals surface area contributed by atoms with Gasteiger partial charge in [0.05, 0.1) is 12.1 Å². The third-order valence-corrected chi connectivity index (χ3v) is 2.45. The molecule has 0 atom stereocenters. The second-order valence-electron chi connectivity index (χ2n) is 4.00. The molecule has 0 spiro atoms. The Kier molecular flexibility index (Phi) is 4.09. The Morgan fingerprint density at radius 2 is 2.20 bits per heavy atom. The molecule has 0 aliphatic carbocycles. The SMILES string of the molecule is O=C(O)CCc1coc(NC(=O)c2cccc(F)c2)n1. The van der Waals surface area contributed by atoms with Crippen molar-refractivity contribution in [1.29, 1.82) is 0 Å². The Balaban J connectivity index is 1.99. The number of hydrogen-bond acceptors (Lipinski definition) is 4. The van der Waals surface area contributed by atoms with Gasteiger partial charge in [0.25, 0.3) is 5.91 Å². The van der Waals surface area contributed by atoms with E-state index in [0.29, 0.717) is 5.69 Å². The van der Waals surface area contributed by atoms with Gasteiger partial charge in [0, 0.05) is 12.0 Å². The number of benzene rings is 1. The first-order valence-electron chi connectivity index (χ1n) is 5.78. The summed E-state index contributed by atoms with van der Waals surface area (Å²) in [4.78, 5) is 26.1. The van der Waals surface area contributed by atoms with Crippen molar-refractivity contribution in [2.45, 2.75) is 12.8 Å². The predicted molar refractivity (Wildman–Crippen MR) is 66.8 cm³/mol. The van der Waals surface area contributed by atoms with Crippen LogP contribution < -0.4 is 5.32 Å². The monoisotopic (exact) mass is 278 g/mol. The fraction of sp³-hybridized carbons (Fsp3) is 0.154. The van der Waals surface area contributed by atoms with Crippen molar-refractivity contribution in [3.63, 3.8) is 0 Å². The zero-order valence-corrected chi connectivity index (χ0v) is 10.3. The maximum Gasteiger partial charge on any atom is 0.303 e. The van der Waals surface area contributed by atoms with Crippen LogP contribution in [0.15, 0.2) is 34.9 Å². The van der Waals surface area contributed by atoms with Crippen molar-refractivity contribution in [2.75, 3.05) is 5.32 Å². The summed E-state index contributed by atoms with van der Waals surface area (Å²) in [6.07, 6.45) is 1.39. The van der Waals surface area contributed by atoms with Crippen LogP contribution in [0.25, 0.3) is 0 Å². The molecule has 1 aromatic carbocycles. The van der Waals surface area contributed by atoms with Gasteiger partial charge in [0.2, 0.25) is 0 Å². The first-order chi connectivity index (χ1) is 9.54. The van der Waals surface area contributed by atoms with Crippen LogP contribution in [0.2, 0.25) is 0 Å². The molecule has 2 aromatic rings. The van der Waals surface area contributed by atoms with Crippen LogP contribution in [-0.4, -0.2) is 22.0 Å². The van der Waals surface area contributed by atoms with Gasteiger partial charge in [-0.2, -0.15) is 4.98 Å². The number of amides is 1. The molecule has 6 nitrogen and oxygen atoms in total. The molecule has 7 heteroatoms. The quantitative estimate of drug-likeness (QED) is 0.873. The van der Waals surface area contributed by atoms with Crippen LogP contribution >= 0.6 is 0 Å². The van der Waals surface area contributed by atoms with E-state index in [0.717, 1.165) is 6.07 Å². The highest BCUT2D eigenvalue weighted by Crippen LogP contribution is 2.11. The van der Waals surface area contributed by atoms with Crippen molar-refractivity contribution in [2.24, 2.45) is 0 Å². The lowest BCUT2D eigenvalue weighted by Crippen LogP contribution is -2.12. The number of nitrogens with one attached hydrogen (secondary N) is 1. The first-order valence-corrected chi connectivity index (χ1v) is 5.78. The fourth-order valence-corrected chi connectivity index (χ4v) is 1.51. The maximum atomic E-state index is 13.0. The molecule has 1 aromatic heterocycles. The lowest BCUT2D eigenvalue weighted by molar-refractivity contribution is -0.136. The molecule has 2 rings (SSSR count). The number of carboxylic acid groups (broad SMARTS) is 1. The van der Waals surface area contributed by atoms with E-state index >= 15 is 0 Å². The van der Waals surface area contributed by atoms with E-state index in [9.17, 15) is 14.0 Å². The second kappa shape index (κ2) is 5.96. The number of aromatic nitrogens is 1. The van der Waals surface area contributed by atoms with E-state index in [1.165, 1.54) is 24.5 Å². The number of carbonyl (C=O) groups excluding carboxylic acids is 1. The van der Waals surface area contributed by atoms with E-state index in [4.69, 9.17) is 9.52 Å². The first kappa shape index (κ1) is 13.7. The van der Waals surface area contributed by atoms with Crippen LogP contribution in [0.3, 0.4) is 0 Å².